The third-order valence-electron chi connectivity index (χ3n) is 3.72. The second-order valence-electron chi connectivity index (χ2n) is 5.42. The van der Waals surface area contributed by atoms with E-state index in [1.807, 2.05) is 12.1 Å². The molecule has 1 aliphatic carbocycles. The monoisotopic (exact) mass is 271 g/mol. The summed E-state index contributed by atoms with van der Waals surface area (Å²) in [6.07, 6.45) is 5.53. The third-order valence-corrected chi connectivity index (χ3v) is 3.72. The second-order valence-corrected chi connectivity index (χ2v) is 5.42. The van der Waals surface area contributed by atoms with Gasteiger partial charge in [-0.3, -0.25) is 0 Å². The van der Waals surface area contributed by atoms with Crippen molar-refractivity contribution in [2.45, 2.75) is 38.8 Å². The van der Waals surface area contributed by atoms with Gasteiger partial charge < -0.3 is 14.5 Å². The number of hydrogen-bond donors (Lipinski definition) is 1. The number of fused-ring (bicyclic) bond motifs is 1. The summed E-state index contributed by atoms with van der Waals surface area (Å²) in [5, 5.41) is 3.34. The predicted octanol–water partition coefficient (Wildman–Crippen LogP) is 3.33. The first kappa shape index (κ1) is 13.3. The van der Waals surface area contributed by atoms with Crippen molar-refractivity contribution >= 4 is 0 Å². The van der Waals surface area contributed by atoms with Gasteiger partial charge >= 0.3 is 0 Å². The van der Waals surface area contributed by atoms with Gasteiger partial charge in [-0.2, -0.15) is 0 Å². The van der Waals surface area contributed by atoms with Gasteiger partial charge in [0.05, 0.1) is 12.8 Å². The molecule has 1 aliphatic rings. The molecule has 1 N–H and O–H groups in total. The van der Waals surface area contributed by atoms with E-state index in [1.165, 1.54) is 30.4 Å². The highest BCUT2D eigenvalue weighted by atomic mass is 16.5. The molecule has 2 aromatic rings. The Morgan fingerprint density at radius 2 is 2.15 bits per heavy atom. The van der Waals surface area contributed by atoms with Crippen LogP contribution in [0.4, 0.5) is 0 Å². The summed E-state index contributed by atoms with van der Waals surface area (Å²) in [5.41, 5.74) is 2.94. The van der Waals surface area contributed by atoms with E-state index >= 15 is 0 Å². The summed E-state index contributed by atoms with van der Waals surface area (Å²) in [7, 11) is 0. The lowest BCUT2D eigenvalue weighted by Gasteiger charge is -2.16. The molecule has 0 spiro atoms. The maximum atomic E-state index is 5.97. The topological polar surface area (TPSA) is 34.4 Å². The molecular weight excluding hydrogens is 250 g/mol. The third kappa shape index (κ3) is 3.23. The van der Waals surface area contributed by atoms with E-state index in [1.54, 1.807) is 6.26 Å². The van der Waals surface area contributed by atoms with E-state index in [0.717, 1.165) is 24.6 Å². The zero-order valence-electron chi connectivity index (χ0n) is 11.9. The molecule has 0 fully saturated rings. The molecule has 0 saturated carbocycles. The summed E-state index contributed by atoms with van der Waals surface area (Å²) >= 11 is 0. The van der Waals surface area contributed by atoms with E-state index in [2.05, 4.69) is 30.4 Å². The van der Waals surface area contributed by atoms with Crippen molar-refractivity contribution in [1.82, 2.24) is 5.32 Å². The number of rotatable bonds is 6. The standard InChI is InChI=1S/C17H21NO2/c1-13(11-18-12-17-6-3-9-19-17)20-16-8-7-14-4-2-5-15(14)10-16/h3,6-10,13,18H,2,4-5,11-12H2,1H3. The van der Waals surface area contributed by atoms with Crippen LogP contribution < -0.4 is 10.1 Å². The van der Waals surface area contributed by atoms with Gasteiger partial charge in [0.15, 0.2) is 0 Å². The summed E-state index contributed by atoms with van der Waals surface area (Å²) < 4.78 is 11.2. The first-order valence-corrected chi connectivity index (χ1v) is 7.33. The van der Waals surface area contributed by atoms with Gasteiger partial charge in [0.1, 0.15) is 17.6 Å². The minimum atomic E-state index is 0.143. The molecular formula is C17H21NO2. The summed E-state index contributed by atoms with van der Waals surface area (Å²) in [6, 6.07) is 10.4. The Balaban J connectivity index is 1.47. The van der Waals surface area contributed by atoms with Gasteiger partial charge in [-0.1, -0.05) is 6.07 Å². The molecule has 20 heavy (non-hydrogen) atoms. The maximum absolute atomic E-state index is 5.97. The molecule has 0 bridgehead atoms. The zero-order chi connectivity index (χ0) is 13.8. The Morgan fingerprint density at radius 1 is 1.25 bits per heavy atom. The highest BCUT2D eigenvalue weighted by Crippen LogP contribution is 2.26. The Bertz CT molecular complexity index is 548. The molecule has 106 valence electrons. The van der Waals surface area contributed by atoms with E-state index in [4.69, 9.17) is 9.15 Å². The van der Waals surface area contributed by atoms with Crippen molar-refractivity contribution in [3.05, 3.63) is 53.5 Å². The lowest BCUT2D eigenvalue weighted by Crippen LogP contribution is -2.28. The van der Waals surface area contributed by atoms with Crippen LogP contribution in [0.3, 0.4) is 0 Å². The van der Waals surface area contributed by atoms with Crippen LogP contribution in [-0.4, -0.2) is 12.6 Å². The van der Waals surface area contributed by atoms with Crippen LogP contribution >= 0.6 is 0 Å². The Hall–Kier alpha value is -1.74. The highest BCUT2D eigenvalue weighted by molar-refractivity contribution is 5.38. The van der Waals surface area contributed by atoms with Crippen LogP contribution in [0.1, 0.15) is 30.2 Å². The molecule has 1 aromatic heterocycles. The Morgan fingerprint density at radius 3 is 3.00 bits per heavy atom. The van der Waals surface area contributed by atoms with Crippen molar-refractivity contribution in [3.8, 4) is 5.75 Å². The van der Waals surface area contributed by atoms with Crippen LogP contribution in [0.5, 0.6) is 5.75 Å². The number of furan rings is 1. The average molecular weight is 271 g/mol. The van der Waals surface area contributed by atoms with Gasteiger partial charge in [0, 0.05) is 6.54 Å². The normalized spacial score (nSPS) is 15.1. The second kappa shape index (κ2) is 6.14. The Kier molecular flexibility index (Phi) is 4.07. The fourth-order valence-electron chi connectivity index (χ4n) is 2.71. The number of hydrogen-bond acceptors (Lipinski definition) is 3. The molecule has 0 amide bonds. The van der Waals surface area contributed by atoms with Gasteiger partial charge in [0.2, 0.25) is 0 Å². The summed E-state index contributed by atoms with van der Waals surface area (Å²) in [6.45, 7) is 3.63. The molecule has 0 saturated heterocycles. The summed E-state index contributed by atoms with van der Waals surface area (Å²) in [5.74, 6) is 1.94. The number of aryl methyl sites for hydroxylation is 2. The molecule has 1 unspecified atom stereocenters. The largest absolute Gasteiger partial charge is 0.489 e. The lowest BCUT2D eigenvalue weighted by atomic mass is 10.1. The predicted molar refractivity (Wildman–Crippen MR) is 79.0 cm³/mol. The Labute approximate surface area is 119 Å². The van der Waals surface area contributed by atoms with E-state index in [-0.39, 0.29) is 6.10 Å². The zero-order valence-corrected chi connectivity index (χ0v) is 11.9. The van der Waals surface area contributed by atoms with Crippen LogP contribution in [0.25, 0.3) is 0 Å². The maximum Gasteiger partial charge on any atom is 0.120 e. The van der Waals surface area contributed by atoms with E-state index in [0.29, 0.717) is 0 Å². The first-order valence-electron chi connectivity index (χ1n) is 7.33. The molecule has 1 aromatic carbocycles. The van der Waals surface area contributed by atoms with Crippen LogP contribution in [0.2, 0.25) is 0 Å². The quantitative estimate of drug-likeness (QED) is 0.875. The van der Waals surface area contributed by atoms with Crippen molar-refractivity contribution < 1.29 is 9.15 Å². The van der Waals surface area contributed by atoms with Gasteiger partial charge in [0.25, 0.3) is 0 Å². The smallest absolute Gasteiger partial charge is 0.120 e. The first-order chi connectivity index (χ1) is 9.81. The molecule has 1 atom stereocenters. The van der Waals surface area contributed by atoms with E-state index < -0.39 is 0 Å². The minimum absolute atomic E-state index is 0.143. The lowest BCUT2D eigenvalue weighted by molar-refractivity contribution is 0.215. The van der Waals surface area contributed by atoms with Crippen LogP contribution in [0, 0.1) is 0 Å². The van der Waals surface area contributed by atoms with Crippen LogP contribution in [-0.2, 0) is 19.4 Å². The highest BCUT2D eigenvalue weighted by Gasteiger charge is 2.12. The van der Waals surface area contributed by atoms with Gasteiger partial charge in [-0.05, 0) is 61.6 Å². The van der Waals surface area contributed by atoms with Crippen molar-refractivity contribution in [2.24, 2.45) is 0 Å². The van der Waals surface area contributed by atoms with Crippen LogP contribution in [0.15, 0.2) is 41.0 Å². The molecule has 3 rings (SSSR count). The van der Waals surface area contributed by atoms with Crippen molar-refractivity contribution in [2.75, 3.05) is 6.54 Å². The molecule has 0 radical (unpaired) electrons. The number of nitrogens with one attached hydrogen (secondary N) is 1. The number of ether oxygens (including phenoxy) is 1. The molecule has 3 heteroatoms. The fraction of sp³-hybridized carbons (Fsp3) is 0.412. The minimum Gasteiger partial charge on any atom is -0.489 e. The molecule has 3 nitrogen and oxygen atoms in total. The SMILES string of the molecule is CC(CNCc1ccco1)Oc1ccc2c(c1)CCC2. The fourth-order valence-corrected chi connectivity index (χ4v) is 2.71. The molecule has 1 heterocycles. The average Bonchev–Trinajstić information content (AvgIpc) is 3.08. The molecule has 0 aliphatic heterocycles. The van der Waals surface area contributed by atoms with Gasteiger partial charge in [-0.25, -0.2) is 0 Å². The van der Waals surface area contributed by atoms with Crippen molar-refractivity contribution in [1.29, 1.82) is 0 Å². The number of benzene rings is 1. The summed E-state index contributed by atoms with van der Waals surface area (Å²) in [4.78, 5) is 0. The van der Waals surface area contributed by atoms with Gasteiger partial charge in [-0.15, -0.1) is 0 Å². The van der Waals surface area contributed by atoms with E-state index in [9.17, 15) is 0 Å². The van der Waals surface area contributed by atoms with Crippen molar-refractivity contribution in [3.63, 3.8) is 0 Å².